The smallest absolute Gasteiger partial charge is 0.0871 e. The van der Waals surface area contributed by atoms with E-state index in [2.05, 4.69) is 152 Å². The van der Waals surface area contributed by atoms with Crippen molar-refractivity contribution in [2.45, 2.75) is 99.1 Å². The van der Waals surface area contributed by atoms with Gasteiger partial charge in [0.15, 0.2) is 0 Å². The number of rotatable bonds is 8. The molecule has 3 atom stereocenters. The van der Waals surface area contributed by atoms with Crippen molar-refractivity contribution < 1.29 is 30.9 Å². The molecule has 6 rings (SSSR count). The van der Waals surface area contributed by atoms with E-state index in [4.69, 9.17) is 10.3 Å². The molecule has 2 aliphatic carbocycles. The molecule has 0 amide bonds. The van der Waals surface area contributed by atoms with Gasteiger partial charge in [0, 0.05) is 53.8 Å². The van der Waals surface area contributed by atoms with Crippen LogP contribution < -0.4 is 0 Å². The molecule has 3 nitrogen and oxygen atoms in total. The van der Waals surface area contributed by atoms with Crippen molar-refractivity contribution in [1.29, 1.82) is 0 Å². The van der Waals surface area contributed by atoms with E-state index in [1.165, 1.54) is 33.4 Å². The monoisotopic (exact) mass is 847 g/mol. The third-order valence-electron chi connectivity index (χ3n) is 10.2. The molecular weight excluding hydrogens is 787 g/mol. The Hall–Kier alpha value is -3.34. The number of aliphatic hydroxyl groups is 1. The molecule has 0 aliphatic heterocycles. The maximum absolute atomic E-state index is 12.4. The van der Waals surface area contributed by atoms with Crippen LogP contribution in [0.2, 0.25) is 0 Å². The first-order valence-corrected chi connectivity index (χ1v) is 17.8. The standard InChI is InChI=1S/C43H47N2O.C2H6.2CH3.Hf/c1-9-14-37-29(7)34-16-10-11-20-38(34)43(37,8)39-24-28(6)23-36(42(39)46)35-19-12-15-30-21-22-31(45-40(30)35)25-44-41-32(26(2)3)17-13-18-33(41)27(4)5;1-2;;;/h9-24,26-27,39,42,46H,25H2,1-8H3;1-2H3;2*1H3;/q-1;;2*-1;/b14-9-;;;;. The number of hydrogen-bond donors (Lipinski definition) is 1. The van der Waals surface area contributed by atoms with Crippen LogP contribution in [0.3, 0.4) is 0 Å². The summed E-state index contributed by atoms with van der Waals surface area (Å²) >= 11 is 0. The van der Waals surface area contributed by atoms with Gasteiger partial charge in [-0.05, 0) is 66.5 Å². The normalized spacial score (nSPS) is 19.4. The maximum atomic E-state index is 12.4. The second kappa shape index (κ2) is 18.4. The molecule has 0 fully saturated rings. The fourth-order valence-corrected chi connectivity index (χ4v) is 7.80. The summed E-state index contributed by atoms with van der Waals surface area (Å²) in [5.41, 5.74) is 13.3. The number of hydrogen-bond acceptors (Lipinski definition) is 2. The summed E-state index contributed by atoms with van der Waals surface area (Å²) in [5.74, 6) is 0.629. The first kappa shape index (κ1) is 43.8. The molecule has 270 valence electrons. The summed E-state index contributed by atoms with van der Waals surface area (Å²) in [6, 6.07) is 25.8. The molecular formula is C47H59HfN2O-3. The number of pyridine rings is 1. The molecule has 0 saturated heterocycles. The van der Waals surface area contributed by atoms with Crippen LogP contribution in [0.25, 0.3) is 27.4 Å². The van der Waals surface area contributed by atoms with Crippen molar-refractivity contribution in [3.63, 3.8) is 0 Å². The van der Waals surface area contributed by atoms with Gasteiger partial charge in [-0.25, -0.2) is 0 Å². The maximum Gasteiger partial charge on any atom is 0.0871 e. The minimum absolute atomic E-state index is 0. The topological polar surface area (TPSA) is 47.2 Å². The van der Waals surface area contributed by atoms with Crippen molar-refractivity contribution >= 4 is 27.7 Å². The zero-order valence-corrected chi connectivity index (χ0v) is 36.7. The van der Waals surface area contributed by atoms with E-state index >= 15 is 0 Å². The van der Waals surface area contributed by atoms with Gasteiger partial charge < -0.3 is 25.3 Å². The fourth-order valence-electron chi connectivity index (χ4n) is 7.80. The number of aliphatic hydroxyl groups excluding tert-OH is 1. The van der Waals surface area contributed by atoms with Crippen LogP contribution in [0.4, 0.5) is 5.69 Å². The average Bonchev–Trinajstić information content (AvgIpc) is 3.31. The largest absolute Gasteiger partial charge is 0.679 e. The van der Waals surface area contributed by atoms with Crippen LogP contribution in [0, 0.1) is 20.8 Å². The second-order valence-corrected chi connectivity index (χ2v) is 13.9. The zero-order valence-electron chi connectivity index (χ0n) is 33.1. The minimum Gasteiger partial charge on any atom is -0.679 e. The van der Waals surface area contributed by atoms with Crippen LogP contribution in [-0.4, -0.2) is 16.2 Å². The van der Waals surface area contributed by atoms with Crippen LogP contribution in [-0.2, 0) is 37.8 Å². The first-order valence-electron chi connectivity index (χ1n) is 17.8. The number of allylic oxidation sites excluding steroid dienone is 6. The van der Waals surface area contributed by atoms with Gasteiger partial charge in [-0.3, -0.25) is 4.98 Å². The van der Waals surface area contributed by atoms with Crippen LogP contribution in [0.5, 0.6) is 0 Å². The molecule has 3 aromatic carbocycles. The third-order valence-corrected chi connectivity index (χ3v) is 10.2. The number of para-hydroxylation sites is 2. The summed E-state index contributed by atoms with van der Waals surface area (Å²) < 4.78 is 0. The van der Waals surface area contributed by atoms with E-state index in [1.54, 1.807) is 0 Å². The van der Waals surface area contributed by atoms with Gasteiger partial charge in [0.05, 0.1) is 11.6 Å². The Kier molecular flexibility index (Phi) is 15.8. The molecule has 4 heteroatoms. The molecule has 4 aromatic rings. The Balaban J connectivity index is 0.00000177. The Morgan fingerprint density at radius 1 is 0.843 bits per heavy atom. The fraction of sp³-hybridized carbons (Fsp3) is 0.340. The van der Waals surface area contributed by atoms with Crippen molar-refractivity contribution in [1.82, 2.24) is 4.98 Å². The van der Waals surface area contributed by atoms with Crippen molar-refractivity contribution in [3.8, 4) is 0 Å². The summed E-state index contributed by atoms with van der Waals surface area (Å²) in [7, 11) is 0. The summed E-state index contributed by atoms with van der Waals surface area (Å²) in [4.78, 5) is 5.22. The number of benzene rings is 3. The number of fused-ring (bicyclic) bond motifs is 2. The Morgan fingerprint density at radius 3 is 2.08 bits per heavy atom. The Morgan fingerprint density at radius 2 is 1.45 bits per heavy atom. The molecule has 1 heterocycles. The zero-order chi connectivity index (χ0) is 34.7. The molecule has 51 heavy (non-hydrogen) atoms. The van der Waals surface area contributed by atoms with Gasteiger partial charge >= 0.3 is 0 Å². The van der Waals surface area contributed by atoms with Crippen molar-refractivity contribution in [2.24, 2.45) is 5.92 Å². The molecule has 2 aliphatic rings. The summed E-state index contributed by atoms with van der Waals surface area (Å²) in [5, 5.41) is 18.6. The molecule has 0 radical (unpaired) electrons. The number of nitrogens with zero attached hydrogens (tertiary/aromatic N) is 2. The molecule has 0 saturated carbocycles. The predicted molar refractivity (Wildman–Crippen MR) is 220 cm³/mol. The van der Waals surface area contributed by atoms with Crippen LogP contribution in [0.1, 0.15) is 115 Å². The molecule has 1 aromatic heterocycles. The first-order chi connectivity index (χ1) is 23.1. The van der Waals surface area contributed by atoms with E-state index in [1.807, 2.05) is 13.8 Å². The van der Waals surface area contributed by atoms with Gasteiger partial charge in [0.2, 0.25) is 0 Å². The molecule has 0 spiro atoms. The van der Waals surface area contributed by atoms with Gasteiger partial charge in [0.25, 0.3) is 0 Å². The van der Waals surface area contributed by atoms with Crippen molar-refractivity contribution in [2.75, 3.05) is 0 Å². The summed E-state index contributed by atoms with van der Waals surface area (Å²) in [6.07, 6.45) is 8.07. The minimum atomic E-state index is -0.708. The molecule has 0 bridgehead atoms. The van der Waals surface area contributed by atoms with Crippen molar-refractivity contribution in [3.05, 3.63) is 162 Å². The Bertz CT molecular complexity index is 1900. The van der Waals surface area contributed by atoms with E-state index in [0.717, 1.165) is 39.0 Å². The summed E-state index contributed by atoms with van der Waals surface area (Å²) in [6.45, 7) is 22.2. The van der Waals surface area contributed by atoms with Gasteiger partial charge in [-0.2, -0.15) is 0 Å². The van der Waals surface area contributed by atoms with E-state index in [9.17, 15) is 5.11 Å². The Labute approximate surface area is 328 Å². The predicted octanol–water partition coefficient (Wildman–Crippen LogP) is 13.3. The van der Waals surface area contributed by atoms with Gasteiger partial charge in [-0.1, -0.05) is 163 Å². The second-order valence-electron chi connectivity index (χ2n) is 13.9. The van der Waals surface area contributed by atoms with E-state index < -0.39 is 6.10 Å². The quantitative estimate of drug-likeness (QED) is 0.142. The average molecular weight is 846 g/mol. The molecule has 1 N–H and O–H groups in total. The number of aromatic nitrogens is 1. The van der Waals surface area contributed by atoms with Crippen LogP contribution in [0.15, 0.2) is 108 Å². The van der Waals surface area contributed by atoms with E-state index in [0.29, 0.717) is 18.4 Å². The SMILES string of the molecule is C/C=C\C1=C(C)c2ccccc2C1(C)C1C=C(C)C=C(c2cccc3ccc(C[N-]c4c(C(C)C)cccc4C(C)C)nc23)C1O.CC.[CH3-].[CH3-].[Hf]. The third kappa shape index (κ3) is 8.18. The van der Waals surface area contributed by atoms with Gasteiger partial charge in [0.1, 0.15) is 0 Å². The molecule has 3 unspecified atom stereocenters. The van der Waals surface area contributed by atoms with Gasteiger partial charge in [-0.15, -0.1) is 5.69 Å². The van der Waals surface area contributed by atoms with Crippen LogP contribution >= 0.6 is 0 Å². The van der Waals surface area contributed by atoms with E-state index in [-0.39, 0.29) is 52.0 Å².